The van der Waals surface area contributed by atoms with Crippen LogP contribution in [0.2, 0.25) is 0 Å². The number of carbonyl (C=O) groups is 2. The summed E-state index contributed by atoms with van der Waals surface area (Å²) in [6.07, 6.45) is 3.44. The first kappa shape index (κ1) is 11.4. The summed E-state index contributed by atoms with van der Waals surface area (Å²) in [6, 6.07) is 0. The Labute approximate surface area is 95.1 Å². The van der Waals surface area contributed by atoms with E-state index < -0.39 is 0 Å². The van der Waals surface area contributed by atoms with Gasteiger partial charge in [-0.3, -0.25) is 9.59 Å². The third kappa shape index (κ3) is 1.91. The maximum absolute atomic E-state index is 12.2. The molecule has 2 fully saturated rings. The summed E-state index contributed by atoms with van der Waals surface area (Å²) in [4.78, 5) is 25.1. The SMILES string of the molecule is NCC1(C(=O)N2CCCC(C(N)=O)C2)CC1. The molecular weight excluding hydrogens is 206 g/mol. The molecule has 2 aliphatic rings. The Morgan fingerprint density at radius 1 is 1.38 bits per heavy atom. The van der Waals surface area contributed by atoms with E-state index >= 15 is 0 Å². The van der Waals surface area contributed by atoms with Crippen molar-refractivity contribution in [3.05, 3.63) is 0 Å². The second-order valence-corrected chi connectivity index (χ2v) is 4.98. The minimum absolute atomic E-state index is 0.126. The molecule has 1 saturated heterocycles. The van der Waals surface area contributed by atoms with Crippen LogP contribution in [0.5, 0.6) is 0 Å². The summed E-state index contributed by atoms with van der Waals surface area (Å²) in [5, 5.41) is 0. The fourth-order valence-corrected chi connectivity index (χ4v) is 2.39. The Bertz CT molecular complexity index is 312. The van der Waals surface area contributed by atoms with Gasteiger partial charge in [-0.2, -0.15) is 0 Å². The van der Waals surface area contributed by atoms with Crippen molar-refractivity contribution < 1.29 is 9.59 Å². The fourth-order valence-electron chi connectivity index (χ4n) is 2.39. The zero-order valence-corrected chi connectivity index (χ0v) is 9.45. The molecule has 1 unspecified atom stereocenters. The summed E-state index contributed by atoms with van der Waals surface area (Å²) < 4.78 is 0. The lowest BCUT2D eigenvalue weighted by Crippen LogP contribution is -2.48. The number of amides is 2. The highest BCUT2D eigenvalue weighted by atomic mass is 16.2. The number of primary amides is 1. The molecular formula is C11H19N3O2. The van der Waals surface area contributed by atoms with Gasteiger partial charge < -0.3 is 16.4 Å². The van der Waals surface area contributed by atoms with Gasteiger partial charge in [0.15, 0.2) is 0 Å². The van der Waals surface area contributed by atoms with Gasteiger partial charge in [-0.1, -0.05) is 0 Å². The molecule has 2 rings (SSSR count). The zero-order valence-electron chi connectivity index (χ0n) is 9.45. The van der Waals surface area contributed by atoms with Crippen LogP contribution in [0.15, 0.2) is 0 Å². The smallest absolute Gasteiger partial charge is 0.230 e. The summed E-state index contributed by atoms with van der Waals surface area (Å²) >= 11 is 0. The summed E-state index contributed by atoms with van der Waals surface area (Å²) in [6.45, 7) is 1.64. The third-order valence-corrected chi connectivity index (χ3v) is 3.81. The van der Waals surface area contributed by atoms with E-state index in [0.717, 1.165) is 32.2 Å². The Morgan fingerprint density at radius 2 is 2.06 bits per heavy atom. The zero-order chi connectivity index (χ0) is 11.8. The summed E-state index contributed by atoms with van der Waals surface area (Å²) in [5.74, 6) is -0.345. The predicted octanol–water partition coefficient (Wildman–Crippen LogP) is -0.551. The molecule has 1 saturated carbocycles. The third-order valence-electron chi connectivity index (χ3n) is 3.81. The molecule has 0 bridgehead atoms. The van der Waals surface area contributed by atoms with Gasteiger partial charge in [-0.15, -0.1) is 0 Å². The fraction of sp³-hybridized carbons (Fsp3) is 0.818. The monoisotopic (exact) mass is 225 g/mol. The standard InChI is InChI=1S/C11H19N3O2/c12-7-11(3-4-11)10(16)14-5-1-2-8(6-14)9(13)15/h8H,1-7,12H2,(H2,13,15). The number of hydrogen-bond acceptors (Lipinski definition) is 3. The van der Waals surface area contributed by atoms with E-state index in [4.69, 9.17) is 11.5 Å². The normalized spacial score (nSPS) is 27.6. The minimum Gasteiger partial charge on any atom is -0.369 e. The number of rotatable bonds is 3. The second-order valence-electron chi connectivity index (χ2n) is 4.98. The topological polar surface area (TPSA) is 89.4 Å². The molecule has 90 valence electrons. The van der Waals surface area contributed by atoms with Crippen LogP contribution in [0.25, 0.3) is 0 Å². The molecule has 1 heterocycles. The van der Waals surface area contributed by atoms with Crippen molar-refractivity contribution in [2.45, 2.75) is 25.7 Å². The van der Waals surface area contributed by atoms with Crippen molar-refractivity contribution in [1.29, 1.82) is 0 Å². The Morgan fingerprint density at radius 3 is 2.56 bits per heavy atom. The molecule has 0 aromatic rings. The molecule has 0 radical (unpaired) electrons. The average Bonchev–Trinajstić information content (AvgIpc) is 3.09. The van der Waals surface area contributed by atoms with Gasteiger partial charge in [0, 0.05) is 19.6 Å². The van der Waals surface area contributed by atoms with E-state index in [9.17, 15) is 9.59 Å². The van der Waals surface area contributed by atoms with Crippen LogP contribution in [-0.4, -0.2) is 36.3 Å². The van der Waals surface area contributed by atoms with Gasteiger partial charge in [0.2, 0.25) is 11.8 Å². The molecule has 1 aliphatic carbocycles. The van der Waals surface area contributed by atoms with Gasteiger partial charge in [-0.05, 0) is 25.7 Å². The van der Waals surface area contributed by atoms with Crippen LogP contribution in [0.4, 0.5) is 0 Å². The highest BCUT2D eigenvalue weighted by Gasteiger charge is 2.51. The van der Waals surface area contributed by atoms with Crippen molar-refractivity contribution in [3.63, 3.8) is 0 Å². The van der Waals surface area contributed by atoms with Crippen LogP contribution < -0.4 is 11.5 Å². The number of likely N-dealkylation sites (tertiary alicyclic amines) is 1. The lowest BCUT2D eigenvalue weighted by Gasteiger charge is -2.33. The number of carbonyl (C=O) groups excluding carboxylic acids is 2. The first-order valence-electron chi connectivity index (χ1n) is 5.88. The molecule has 2 amide bonds. The van der Waals surface area contributed by atoms with Crippen molar-refractivity contribution in [2.24, 2.45) is 22.8 Å². The van der Waals surface area contributed by atoms with Crippen molar-refractivity contribution in [2.75, 3.05) is 19.6 Å². The average molecular weight is 225 g/mol. The largest absolute Gasteiger partial charge is 0.369 e. The molecule has 5 heteroatoms. The number of hydrogen-bond donors (Lipinski definition) is 2. The first-order chi connectivity index (χ1) is 7.59. The van der Waals surface area contributed by atoms with E-state index in [1.165, 1.54) is 0 Å². The molecule has 5 nitrogen and oxygen atoms in total. The van der Waals surface area contributed by atoms with Crippen LogP contribution in [0.3, 0.4) is 0 Å². The molecule has 1 atom stereocenters. The first-order valence-corrected chi connectivity index (χ1v) is 5.88. The maximum atomic E-state index is 12.2. The van der Waals surface area contributed by atoms with Gasteiger partial charge in [0.05, 0.1) is 11.3 Å². The van der Waals surface area contributed by atoms with Crippen molar-refractivity contribution >= 4 is 11.8 Å². The van der Waals surface area contributed by atoms with E-state index in [1.54, 1.807) is 4.90 Å². The quantitative estimate of drug-likeness (QED) is 0.675. The molecule has 4 N–H and O–H groups in total. The highest BCUT2D eigenvalue weighted by molar-refractivity contribution is 5.86. The summed E-state index contributed by atoms with van der Waals surface area (Å²) in [7, 11) is 0. The van der Waals surface area contributed by atoms with Gasteiger partial charge >= 0.3 is 0 Å². The lowest BCUT2D eigenvalue weighted by atomic mass is 9.95. The van der Waals surface area contributed by atoms with E-state index in [0.29, 0.717) is 13.1 Å². The molecule has 0 aromatic carbocycles. The number of piperidine rings is 1. The molecule has 0 aromatic heterocycles. The van der Waals surface area contributed by atoms with Crippen LogP contribution in [0, 0.1) is 11.3 Å². The van der Waals surface area contributed by atoms with Gasteiger partial charge in [0.1, 0.15) is 0 Å². The molecule has 0 spiro atoms. The van der Waals surface area contributed by atoms with E-state index in [2.05, 4.69) is 0 Å². The lowest BCUT2D eigenvalue weighted by molar-refractivity contribution is -0.139. The van der Waals surface area contributed by atoms with E-state index in [1.807, 2.05) is 0 Å². The molecule has 1 aliphatic heterocycles. The van der Waals surface area contributed by atoms with Gasteiger partial charge in [0.25, 0.3) is 0 Å². The Kier molecular flexibility index (Phi) is 2.88. The van der Waals surface area contributed by atoms with Crippen LogP contribution in [0.1, 0.15) is 25.7 Å². The predicted molar refractivity (Wildman–Crippen MR) is 59.2 cm³/mol. The minimum atomic E-state index is -0.306. The maximum Gasteiger partial charge on any atom is 0.230 e. The van der Waals surface area contributed by atoms with Gasteiger partial charge in [-0.25, -0.2) is 0 Å². The van der Waals surface area contributed by atoms with Crippen molar-refractivity contribution in [1.82, 2.24) is 4.90 Å². The second kappa shape index (κ2) is 4.05. The summed E-state index contributed by atoms with van der Waals surface area (Å²) in [5.41, 5.74) is 10.6. The number of nitrogens with zero attached hydrogens (tertiary/aromatic N) is 1. The Balaban J connectivity index is 1.99. The highest BCUT2D eigenvalue weighted by Crippen LogP contribution is 2.46. The Hall–Kier alpha value is -1.10. The van der Waals surface area contributed by atoms with Crippen molar-refractivity contribution in [3.8, 4) is 0 Å². The van der Waals surface area contributed by atoms with E-state index in [-0.39, 0.29) is 23.1 Å². The van der Waals surface area contributed by atoms with Crippen LogP contribution >= 0.6 is 0 Å². The van der Waals surface area contributed by atoms with Crippen LogP contribution in [-0.2, 0) is 9.59 Å². The number of nitrogens with two attached hydrogens (primary N) is 2. The molecule has 16 heavy (non-hydrogen) atoms.